The van der Waals surface area contributed by atoms with Gasteiger partial charge in [0, 0.05) is 27.2 Å². The number of nitrogens with zero attached hydrogens (tertiary/aromatic N) is 1. The molecule has 24 heavy (non-hydrogen) atoms. The Kier molecular flexibility index (Phi) is 7.51. The van der Waals surface area contributed by atoms with Crippen molar-refractivity contribution in [2.24, 2.45) is 0 Å². The van der Waals surface area contributed by atoms with Crippen LogP contribution in [0.25, 0.3) is 0 Å². The molecule has 2 N–H and O–H groups in total. The van der Waals surface area contributed by atoms with E-state index in [-0.39, 0.29) is 5.91 Å². The number of rotatable bonds is 9. The predicted octanol–water partition coefficient (Wildman–Crippen LogP) is 1.80. The van der Waals surface area contributed by atoms with Crippen LogP contribution in [0.15, 0.2) is 18.2 Å². The minimum Gasteiger partial charge on any atom is -0.490 e. The molecule has 6 nitrogen and oxygen atoms in total. The number of aliphatic hydroxyl groups is 1. The smallest absolute Gasteiger partial charge is 0.262 e. The highest BCUT2D eigenvalue weighted by Gasteiger charge is 2.19. The molecule has 0 aliphatic rings. The van der Waals surface area contributed by atoms with E-state index in [1.165, 1.54) is 4.90 Å². The minimum atomic E-state index is -0.756. The Balaban J connectivity index is 2.81. The summed E-state index contributed by atoms with van der Waals surface area (Å²) in [6, 6.07) is 5.62. The third kappa shape index (κ3) is 6.76. The van der Waals surface area contributed by atoms with E-state index in [4.69, 9.17) is 9.47 Å². The Hall–Kier alpha value is -1.79. The molecule has 1 aromatic rings. The van der Waals surface area contributed by atoms with Crippen molar-refractivity contribution in [1.29, 1.82) is 0 Å². The summed E-state index contributed by atoms with van der Waals surface area (Å²) < 4.78 is 11.4. The molecule has 0 saturated heterocycles. The largest absolute Gasteiger partial charge is 0.490 e. The first-order chi connectivity index (χ1) is 11.1. The fourth-order valence-corrected chi connectivity index (χ4v) is 2.15. The summed E-state index contributed by atoms with van der Waals surface area (Å²) in [6.45, 7) is 8.73. The zero-order chi connectivity index (χ0) is 18.3. The first kappa shape index (κ1) is 20.3. The number of hydrogen-bond acceptors (Lipinski definition) is 5. The summed E-state index contributed by atoms with van der Waals surface area (Å²) in [7, 11) is 3.39. The number of amides is 1. The van der Waals surface area contributed by atoms with Crippen LogP contribution in [0.5, 0.6) is 11.5 Å². The van der Waals surface area contributed by atoms with Gasteiger partial charge in [-0.25, -0.2) is 0 Å². The summed E-state index contributed by atoms with van der Waals surface area (Å²) in [6.07, 6.45) is -0.585. The van der Waals surface area contributed by atoms with Gasteiger partial charge in [-0.15, -0.1) is 0 Å². The Morgan fingerprint density at radius 2 is 2.00 bits per heavy atom. The van der Waals surface area contributed by atoms with E-state index >= 15 is 0 Å². The molecule has 1 aromatic carbocycles. The molecule has 1 unspecified atom stereocenters. The molecular weight excluding hydrogens is 308 g/mol. The second kappa shape index (κ2) is 8.89. The number of nitrogens with one attached hydrogen (secondary N) is 1. The van der Waals surface area contributed by atoms with Gasteiger partial charge in [0.1, 0.15) is 0 Å². The standard InChI is InChI=1S/C18H30N2O4/c1-7-23-16-10-14(11-19-12-18(3,4)22)8-9-15(16)24-13(2)17(21)20(5)6/h8-10,13,19,22H,7,11-12H2,1-6H3. The quantitative estimate of drug-likeness (QED) is 0.718. The van der Waals surface area contributed by atoms with Crippen molar-refractivity contribution in [2.45, 2.75) is 45.9 Å². The van der Waals surface area contributed by atoms with E-state index in [9.17, 15) is 9.90 Å². The van der Waals surface area contributed by atoms with E-state index in [1.54, 1.807) is 34.9 Å². The van der Waals surface area contributed by atoms with Crippen molar-refractivity contribution >= 4 is 5.91 Å². The SMILES string of the molecule is CCOc1cc(CNCC(C)(C)O)ccc1OC(C)C(=O)N(C)C. The lowest BCUT2D eigenvalue weighted by Gasteiger charge is -2.21. The van der Waals surface area contributed by atoms with Gasteiger partial charge in [0.05, 0.1) is 12.2 Å². The summed E-state index contributed by atoms with van der Waals surface area (Å²) in [5.41, 5.74) is 0.259. The number of ether oxygens (including phenoxy) is 2. The molecule has 0 heterocycles. The van der Waals surface area contributed by atoms with E-state index in [1.807, 2.05) is 25.1 Å². The first-order valence-corrected chi connectivity index (χ1v) is 8.20. The summed E-state index contributed by atoms with van der Waals surface area (Å²) in [5.74, 6) is 1.05. The number of carbonyl (C=O) groups excluding carboxylic acids is 1. The van der Waals surface area contributed by atoms with Gasteiger partial charge in [0.2, 0.25) is 0 Å². The first-order valence-electron chi connectivity index (χ1n) is 8.20. The van der Waals surface area contributed by atoms with Crippen molar-refractivity contribution in [3.8, 4) is 11.5 Å². The summed E-state index contributed by atoms with van der Waals surface area (Å²) in [5, 5.41) is 12.9. The maximum atomic E-state index is 11.9. The highest BCUT2D eigenvalue weighted by Crippen LogP contribution is 2.29. The molecular formula is C18H30N2O4. The number of carbonyl (C=O) groups is 1. The Labute approximate surface area is 144 Å². The van der Waals surface area contributed by atoms with Gasteiger partial charge in [0.15, 0.2) is 17.6 Å². The average Bonchev–Trinajstić information content (AvgIpc) is 2.47. The maximum absolute atomic E-state index is 11.9. The molecule has 1 rings (SSSR count). The molecule has 1 atom stereocenters. The van der Waals surface area contributed by atoms with Crippen LogP contribution in [0.4, 0.5) is 0 Å². The average molecular weight is 338 g/mol. The molecule has 0 aromatic heterocycles. The molecule has 0 aliphatic heterocycles. The zero-order valence-electron chi connectivity index (χ0n) is 15.5. The van der Waals surface area contributed by atoms with Crippen LogP contribution >= 0.6 is 0 Å². The van der Waals surface area contributed by atoms with E-state index in [0.717, 1.165) is 5.56 Å². The summed E-state index contributed by atoms with van der Waals surface area (Å²) in [4.78, 5) is 13.4. The predicted molar refractivity (Wildman–Crippen MR) is 94.4 cm³/mol. The number of likely N-dealkylation sites (N-methyl/N-ethyl adjacent to an activating group) is 1. The van der Waals surface area contributed by atoms with Crippen LogP contribution in [0.3, 0.4) is 0 Å². The molecule has 0 radical (unpaired) electrons. The van der Waals surface area contributed by atoms with E-state index in [2.05, 4.69) is 5.32 Å². The Morgan fingerprint density at radius 3 is 2.54 bits per heavy atom. The summed E-state index contributed by atoms with van der Waals surface area (Å²) >= 11 is 0. The van der Waals surface area contributed by atoms with Gasteiger partial charge in [-0.3, -0.25) is 4.79 Å². The molecule has 0 spiro atoms. The topological polar surface area (TPSA) is 71.0 Å². The van der Waals surface area contributed by atoms with Crippen molar-refractivity contribution in [2.75, 3.05) is 27.2 Å². The van der Waals surface area contributed by atoms with Gasteiger partial charge in [-0.1, -0.05) is 6.07 Å². The van der Waals surface area contributed by atoms with Crippen LogP contribution < -0.4 is 14.8 Å². The normalized spacial score (nSPS) is 12.6. The van der Waals surface area contributed by atoms with Crippen LogP contribution in [0.2, 0.25) is 0 Å². The van der Waals surface area contributed by atoms with E-state index < -0.39 is 11.7 Å². The molecule has 6 heteroatoms. The van der Waals surface area contributed by atoms with Crippen molar-refractivity contribution in [3.05, 3.63) is 23.8 Å². The van der Waals surface area contributed by atoms with Crippen molar-refractivity contribution < 1.29 is 19.4 Å². The van der Waals surface area contributed by atoms with Crippen LogP contribution in [-0.2, 0) is 11.3 Å². The highest BCUT2D eigenvalue weighted by atomic mass is 16.5. The molecule has 0 bridgehead atoms. The monoisotopic (exact) mass is 338 g/mol. The molecule has 0 fully saturated rings. The van der Waals surface area contributed by atoms with Gasteiger partial charge in [0.25, 0.3) is 5.91 Å². The van der Waals surface area contributed by atoms with Gasteiger partial charge >= 0.3 is 0 Å². The van der Waals surface area contributed by atoms with Crippen molar-refractivity contribution in [1.82, 2.24) is 10.2 Å². The Bertz CT molecular complexity index is 538. The van der Waals surface area contributed by atoms with Gasteiger partial charge < -0.3 is 24.8 Å². The molecule has 1 amide bonds. The van der Waals surface area contributed by atoms with Gasteiger partial charge in [-0.05, 0) is 45.4 Å². The van der Waals surface area contributed by atoms with Crippen LogP contribution in [0.1, 0.15) is 33.3 Å². The lowest BCUT2D eigenvalue weighted by Crippen LogP contribution is -2.35. The van der Waals surface area contributed by atoms with E-state index in [0.29, 0.717) is 31.2 Å². The zero-order valence-corrected chi connectivity index (χ0v) is 15.5. The Morgan fingerprint density at radius 1 is 1.33 bits per heavy atom. The minimum absolute atomic E-state index is 0.103. The van der Waals surface area contributed by atoms with Crippen LogP contribution in [-0.4, -0.2) is 54.9 Å². The third-order valence-electron chi connectivity index (χ3n) is 3.29. The maximum Gasteiger partial charge on any atom is 0.262 e. The van der Waals surface area contributed by atoms with Crippen LogP contribution in [0, 0.1) is 0 Å². The molecule has 0 aliphatic carbocycles. The number of hydrogen-bond donors (Lipinski definition) is 2. The lowest BCUT2D eigenvalue weighted by atomic mass is 10.1. The third-order valence-corrected chi connectivity index (χ3v) is 3.29. The lowest BCUT2D eigenvalue weighted by molar-refractivity contribution is -0.135. The fourth-order valence-electron chi connectivity index (χ4n) is 2.15. The number of benzene rings is 1. The molecule has 136 valence electrons. The second-order valence-corrected chi connectivity index (χ2v) is 6.62. The highest BCUT2D eigenvalue weighted by molar-refractivity contribution is 5.80. The fraction of sp³-hybridized carbons (Fsp3) is 0.611. The second-order valence-electron chi connectivity index (χ2n) is 6.62. The molecule has 0 saturated carbocycles. The van der Waals surface area contributed by atoms with Crippen molar-refractivity contribution in [3.63, 3.8) is 0 Å². The van der Waals surface area contributed by atoms with Gasteiger partial charge in [-0.2, -0.15) is 0 Å².